The van der Waals surface area contributed by atoms with Crippen LogP contribution >= 0.6 is 0 Å². The molecule has 0 heterocycles. The third-order valence-corrected chi connectivity index (χ3v) is 2.05. The number of unbranched alkanes of at least 4 members (excludes halogenated alkanes) is 4. The molecule has 0 aromatic rings. The van der Waals surface area contributed by atoms with E-state index >= 15 is 0 Å². The summed E-state index contributed by atoms with van der Waals surface area (Å²) in [7, 11) is 4.06. The first-order valence-corrected chi connectivity index (χ1v) is 5.45. The van der Waals surface area contributed by atoms with E-state index in [1.165, 1.54) is 19.3 Å². The topological polar surface area (TPSA) is 20.3 Å². The first kappa shape index (κ1) is 13.2. The Morgan fingerprint density at radius 3 is 2.36 bits per heavy atom. The third-order valence-electron chi connectivity index (χ3n) is 2.05. The minimum atomic E-state index is 0.317. The number of hydrogen-bond donors (Lipinski definition) is 0. The Labute approximate surface area is 88.0 Å². The summed E-state index contributed by atoms with van der Waals surface area (Å²) in [6.45, 7) is 1.67. The summed E-state index contributed by atoms with van der Waals surface area (Å²) in [5, 5.41) is 0. The average Bonchev–Trinajstić information content (AvgIpc) is 2.08. The van der Waals surface area contributed by atoms with Crippen molar-refractivity contribution in [3.05, 3.63) is 12.3 Å². The highest BCUT2D eigenvalue weighted by Gasteiger charge is 1.93. The van der Waals surface area contributed by atoms with Crippen molar-refractivity contribution < 1.29 is 4.79 Å². The Bertz CT molecular complexity index is 173. The fourth-order valence-corrected chi connectivity index (χ4v) is 1.28. The fourth-order valence-electron chi connectivity index (χ4n) is 1.28. The molecular weight excluding hydrogens is 174 g/mol. The second kappa shape index (κ2) is 8.79. The number of Topliss-reactive ketones (excluding diaryl/α,β-unsaturated/α-hetero) is 1. The molecule has 0 aliphatic heterocycles. The van der Waals surface area contributed by atoms with E-state index in [1.54, 1.807) is 6.92 Å². The maximum Gasteiger partial charge on any atom is 0.129 e. The number of hydrogen-bond acceptors (Lipinski definition) is 2. The van der Waals surface area contributed by atoms with Crippen LogP contribution in [0, 0.1) is 0 Å². The van der Waals surface area contributed by atoms with E-state index in [0.717, 1.165) is 19.3 Å². The Balaban J connectivity index is 3.10. The zero-order valence-corrected chi connectivity index (χ0v) is 9.75. The molecule has 2 nitrogen and oxygen atoms in total. The summed E-state index contributed by atoms with van der Waals surface area (Å²) in [5.41, 5.74) is 0. The molecule has 82 valence electrons. The van der Waals surface area contributed by atoms with Crippen molar-refractivity contribution in [3.63, 3.8) is 0 Å². The zero-order valence-electron chi connectivity index (χ0n) is 9.75. The van der Waals surface area contributed by atoms with Crippen LogP contribution in [0.5, 0.6) is 0 Å². The molecule has 0 bridgehead atoms. The standard InChI is InChI=1S/C12H23NO/c1-12(14)10-8-6-4-5-7-9-11-13(2)3/h9,11H,4-8,10H2,1-3H3. The fraction of sp³-hybridized carbons (Fsp3) is 0.750. The molecule has 0 aliphatic carbocycles. The quantitative estimate of drug-likeness (QED) is 0.557. The number of ketones is 1. The Morgan fingerprint density at radius 2 is 1.79 bits per heavy atom. The highest BCUT2D eigenvalue weighted by Crippen LogP contribution is 2.06. The van der Waals surface area contributed by atoms with E-state index in [4.69, 9.17) is 0 Å². The van der Waals surface area contributed by atoms with Gasteiger partial charge in [-0.25, -0.2) is 0 Å². The van der Waals surface area contributed by atoms with Gasteiger partial charge < -0.3 is 9.69 Å². The van der Waals surface area contributed by atoms with Crippen LogP contribution in [0.4, 0.5) is 0 Å². The van der Waals surface area contributed by atoms with Crippen LogP contribution in [0.15, 0.2) is 12.3 Å². The second-order valence-corrected chi connectivity index (χ2v) is 4.00. The number of carbonyl (C=O) groups excluding carboxylic acids is 1. The average molecular weight is 197 g/mol. The van der Waals surface area contributed by atoms with Crippen LogP contribution in [0.1, 0.15) is 45.4 Å². The minimum Gasteiger partial charge on any atom is -0.384 e. The van der Waals surface area contributed by atoms with Crippen molar-refractivity contribution in [3.8, 4) is 0 Å². The van der Waals surface area contributed by atoms with Crippen LogP contribution < -0.4 is 0 Å². The Hall–Kier alpha value is -0.790. The van der Waals surface area contributed by atoms with Crippen LogP contribution in [0.25, 0.3) is 0 Å². The first-order chi connectivity index (χ1) is 6.63. The van der Waals surface area contributed by atoms with E-state index in [1.807, 2.05) is 14.1 Å². The SMILES string of the molecule is CC(=O)CCCCCCC=CN(C)C. The predicted octanol–water partition coefficient (Wildman–Crippen LogP) is 2.99. The summed E-state index contributed by atoms with van der Waals surface area (Å²) in [5.74, 6) is 0.317. The minimum absolute atomic E-state index is 0.317. The number of carbonyl (C=O) groups is 1. The summed E-state index contributed by atoms with van der Waals surface area (Å²) < 4.78 is 0. The molecule has 0 aliphatic rings. The molecule has 0 aromatic carbocycles. The zero-order chi connectivity index (χ0) is 10.8. The van der Waals surface area contributed by atoms with E-state index in [-0.39, 0.29) is 0 Å². The molecule has 0 atom stereocenters. The van der Waals surface area contributed by atoms with Gasteiger partial charge in [-0.2, -0.15) is 0 Å². The molecule has 0 saturated carbocycles. The van der Waals surface area contributed by atoms with Crippen molar-refractivity contribution in [1.82, 2.24) is 4.90 Å². The number of rotatable bonds is 8. The van der Waals surface area contributed by atoms with Gasteiger partial charge >= 0.3 is 0 Å². The normalized spacial score (nSPS) is 10.8. The molecule has 0 aromatic heterocycles. The molecule has 0 rings (SSSR count). The summed E-state index contributed by atoms with van der Waals surface area (Å²) >= 11 is 0. The second-order valence-electron chi connectivity index (χ2n) is 4.00. The number of allylic oxidation sites excluding steroid dienone is 1. The van der Waals surface area contributed by atoms with Gasteiger partial charge in [0.2, 0.25) is 0 Å². The van der Waals surface area contributed by atoms with Crippen molar-refractivity contribution in [2.45, 2.75) is 45.4 Å². The Morgan fingerprint density at radius 1 is 1.14 bits per heavy atom. The van der Waals surface area contributed by atoms with Gasteiger partial charge in [0.25, 0.3) is 0 Å². The maximum absolute atomic E-state index is 10.6. The lowest BCUT2D eigenvalue weighted by Gasteiger charge is -2.02. The lowest BCUT2D eigenvalue weighted by Crippen LogP contribution is -1.99. The molecule has 0 fully saturated rings. The third kappa shape index (κ3) is 11.2. The van der Waals surface area contributed by atoms with Gasteiger partial charge in [0.05, 0.1) is 0 Å². The van der Waals surface area contributed by atoms with Crippen molar-refractivity contribution in [2.75, 3.05) is 14.1 Å². The summed E-state index contributed by atoms with van der Waals surface area (Å²) in [6, 6.07) is 0. The van der Waals surface area contributed by atoms with Gasteiger partial charge in [0.15, 0.2) is 0 Å². The van der Waals surface area contributed by atoms with Crippen LogP contribution in [0.3, 0.4) is 0 Å². The van der Waals surface area contributed by atoms with Crippen molar-refractivity contribution in [1.29, 1.82) is 0 Å². The molecule has 2 heteroatoms. The first-order valence-electron chi connectivity index (χ1n) is 5.45. The Kier molecular flexibility index (Phi) is 8.30. The van der Waals surface area contributed by atoms with Crippen molar-refractivity contribution >= 4 is 5.78 Å². The van der Waals surface area contributed by atoms with Crippen LogP contribution in [0.2, 0.25) is 0 Å². The molecule has 0 unspecified atom stereocenters. The summed E-state index contributed by atoms with van der Waals surface area (Å²) in [6.07, 6.45) is 10.9. The van der Waals surface area contributed by atoms with Gasteiger partial charge in [-0.05, 0) is 32.4 Å². The molecule has 0 radical (unpaired) electrons. The highest BCUT2D eigenvalue weighted by molar-refractivity contribution is 5.75. The molecular formula is C12H23NO. The largest absolute Gasteiger partial charge is 0.384 e. The molecule has 0 amide bonds. The summed E-state index contributed by atoms with van der Waals surface area (Å²) in [4.78, 5) is 12.7. The van der Waals surface area contributed by atoms with E-state index in [0.29, 0.717) is 5.78 Å². The highest BCUT2D eigenvalue weighted by atomic mass is 16.1. The lowest BCUT2D eigenvalue weighted by molar-refractivity contribution is -0.117. The van der Waals surface area contributed by atoms with Crippen molar-refractivity contribution in [2.24, 2.45) is 0 Å². The molecule has 14 heavy (non-hydrogen) atoms. The molecule has 0 saturated heterocycles. The van der Waals surface area contributed by atoms with Gasteiger partial charge in [0, 0.05) is 20.5 Å². The monoisotopic (exact) mass is 197 g/mol. The van der Waals surface area contributed by atoms with E-state index in [9.17, 15) is 4.79 Å². The van der Waals surface area contributed by atoms with E-state index in [2.05, 4.69) is 17.2 Å². The van der Waals surface area contributed by atoms with Crippen LogP contribution in [-0.2, 0) is 4.79 Å². The molecule has 0 N–H and O–H groups in total. The van der Waals surface area contributed by atoms with Gasteiger partial charge in [-0.15, -0.1) is 0 Å². The lowest BCUT2D eigenvalue weighted by atomic mass is 10.1. The number of nitrogens with zero attached hydrogens (tertiary/aromatic N) is 1. The van der Waals surface area contributed by atoms with Gasteiger partial charge in [-0.3, -0.25) is 0 Å². The van der Waals surface area contributed by atoms with Crippen LogP contribution in [-0.4, -0.2) is 24.8 Å². The van der Waals surface area contributed by atoms with Gasteiger partial charge in [0.1, 0.15) is 5.78 Å². The van der Waals surface area contributed by atoms with Gasteiger partial charge in [-0.1, -0.05) is 18.9 Å². The smallest absolute Gasteiger partial charge is 0.129 e. The van der Waals surface area contributed by atoms with E-state index < -0.39 is 0 Å². The predicted molar refractivity (Wildman–Crippen MR) is 61.2 cm³/mol. The maximum atomic E-state index is 10.6. The molecule has 0 spiro atoms.